The minimum absolute atomic E-state index is 0.555. The molecule has 0 saturated carbocycles. The molecule has 1 atom stereocenters. The number of ether oxygens (including phenoxy) is 1. The number of hydrogen-bond donors (Lipinski definition) is 0. The Hall–Kier alpha value is -2.27. The average Bonchev–Trinajstić information content (AvgIpc) is 2.55. The summed E-state index contributed by atoms with van der Waals surface area (Å²) in [6, 6.07) is 18.7. The number of nitrogens with zero attached hydrogens (tertiary/aromatic N) is 1. The topological polar surface area (TPSA) is 33.0 Å². The summed E-state index contributed by atoms with van der Waals surface area (Å²) in [6.07, 6.45) is 1.62. The van der Waals surface area contributed by atoms with Gasteiger partial charge in [0, 0.05) is 0 Å². The van der Waals surface area contributed by atoms with Crippen molar-refractivity contribution in [1.29, 1.82) is 5.26 Å². The van der Waals surface area contributed by atoms with Gasteiger partial charge in [0.2, 0.25) is 0 Å². The summed E-state index contributed by atoms with van der Waals surface area (Å²) in [5.74, 6) is 0.851. The molecule has 0 saturated heterocycles. The second-order valence-corrected chi connectivity index (χ2v) is 5.49. The Morgan fingerprint density at radius 1 is 1.14 bits per heavy atom. The summed E-state index contributed by atoms with van der Waals surface area (Å²) in [5.41, 5.74) is 2.83. The molecule has 2 rings (SSSR count). The van der Waals surface area contributed by atoms with Gasteiger partial charge in [0.15, 0.2) is 0 Å². The first-order valence-corrected chi connectivity index (χ1v) is 7.25. The molecule has 0 amide bonds. The highest BCUT2D eigenvalue weighted by Gasteiger charge is 2.28. The largest absolute Gasteiger partial charge is 0.496 e. The van der Waals surface area contributed by atoms with Crippen LogP contribution in [0.5, 0.6) is 5.75 Å². The zero-order valence-corrected chi connectivity index (χ0v) is 12.9. The number of hydrogen-bond acceptors (Lipinski definition) is 2. The lowest BCUT2D eigenvalue weighted by molar-refractivity contribution is 0.405. The molecule has 2 heteroatoms. The molecule has 1 unspecified atom stereocenters. The standard InChI is InChI=1S/C19H21NO/c1-4-15-10-11-18(21-3)16(12-15)13-19(2,14-20)17-8-6-5-7-9-17/h5-12H,4,13H2,1-3H3. The Kier molecular flexibility index (Phi) is 4.65. The fourth-order valence-corrected chi connectivity index (χ4v) is 2.58. The molecule has 0 radical (unpaired) electrons. The van der Waals surface area contributed by atoms with Crippen LogP contribution in [0.15, 0.2) is 48.5 Å². The van der Waals surface area contributed by atoms with Gasteiger partial charge >= 0.3 is 0 Å². The summed E-state index contributed by atoms with van der Waals surface area (Å²) in [6.45, 7) is 4.12. The molecular weight excluding hydrogens is 258 g/mol. The number of aryl methyl sites for hydroxylation is 1. The van der Waals surface area contributed by atoms with Gasteiger partial charge in [-0.1, -0.05) is 49.4 Å². The number of benzene rings is 2. The van der Waals surface area contributed by atoms with Gasteiger partial charge in [-0.25, -0.2) is 0 Å². The highest BCUT2D eigenvalue weighted by atomic mass is 16.5. The van der Waals surface area contributed by atoms with Crippen molar-refractivity contribution in [3.8, 4) is 11.8 Å². The van der Waals surface area contributed by atoms with Crippen molar-refractivity contribution < 1.29 is 4.74 Å². The summed E-state index contributed by atoms with van der Waals surface area (Å²) in [5, 5.41) is 9.70. The minimum Gasteiger partial charge on any atom is -0.496 e. The maximum absolute atomic E-state index is 9.70. The highest BCUT2D eigenvalue weighted by Crippen LogP contribution is 2.32. The van der Waals surface area contributed by atoms with Crippen LogP contribution in [0.1, 0.15) is 30.5 Å². The Labute approximate surface area is 127 Å². The average molecular weight is 279 g/mol. The number of rotatable bonds is 5. The fraction of sp³-hybridized carbons (Fsp3) is 0.316. The first-order valence-electron chi connectivity index (χ1n) is 7.25. The van der Waals surface area contributed by atoms with E-state index < -0.39 is 5.41 Å². The summed E-state index contributed by atoms with van der Waals surface area (Å²) in [7, 11) is 1.68. The smallest absolute Gasteiger partial charge is 0.122 e. The SMILES string of the molecule is CCc1ccc(OC)c(CC(C)(C#N)c2ccccc2)c1. The maximum Gasteiger partial charge on any atom is 0.122 e. The molecule has 0 spiro atoms. The molecule has 0 aromatic heterocycles. The quantitative estimate of drug-likeness (QED) is 0.818. The van der Waals surface area contributed by atoms with Crippen molar-refractivity contribution in [1.82, 2.24) is 0 Å². The van der Waals surface area contributed by atoms with Gasteiger partial charge in [-0.05, 0) is 42.5 Å². The zero-order valence-electron chi connectivity index (χ0n) is 12.9. The lowest BCUT2D eigenvalue weighted by Gasteiger charge is -2.23. The lowest BCUT2D eigenvalue weighted by atomic mass is 9.78. The molecule has 0 fully saturated rings. The molecule has 2 nitrogen and oxygen atoms in total. The first-order chi connectivity index (χ1) is 10.1. The third kappa shape index (κ3) is 3.25. The van der Waals surface area contributed by atoms with Crippen LogP contribution >= 0.6 is 0 Å². The monoisotopic (exact) mass is 279 g/mol. The van der Waals surface area contributed by atoms with E-state index in [9.17, 15) is 5.26 Å². The van der Waals surface area contributed by atoms with E-state index in [0.717, 1.165) is 23.3 Å². The van der Waals surface area contributed by atoms with Crippen molar-refractivity contribution >= 4 is 0 Å². The molecule has 0 aliphatic rings. The van der Waals surface area contributed by atoms with E-state index in [1.807, 2.05) is 43.3 Å². The molecule has 0 aliphatic heterocycles. The van der Waals surface area contributed by atoms with E-state index in [1.54, 1.807) is 7.11 Å². The van der Waals surface area contributed by atoms with E-state index in [1.165, 1.54) is 5.56 Å². The van der Waals surface area contributed by atoms with Gasteiger partial charge in [-0.15, -0.1) is 0 Å². The van der Waals surface area contributed by atoms with Crippen LogP contribution in [0.3, 0.4) is 0 Å². The van der Waals surface area contributed by atoms with E-state index in [0.29, 0.717) is 6.42 Å². The zero-order chi connectivity index (χ0) is 15.3. The molecule has 0 aliphatic carbocycles. The van der Waals surface area contributed by atoms with Gasteiger partial charge in [0.25, 0.3) is 0 Å². The van der Waals surface area contributed by atoms with E-state index in [4.69, 9.17) is 4.74 Å². The molecular formula is C19H21NO. The van der Waals surface area contributed by atoms with Crippen LogP contribution in [0.25, 0.3) is 0 Å². The Bertz CT molecular complexity index is 642. The summed E-state index contributed by atoms with van der Waals surface area (Å²) in [4.78, 5) is 0. The normalized spacial score (nSPS) is 13.2. The molecule has 0 heterocycles. The highest BCUT2D eigenvalue weighted by molar-refractivity contribution is 5.42. The molecule has 0 bridgehead atoms. The van der Waals surface area contributed by atoms with Crippen LogP contribution in [-0.4, -0.2) is 7.11 Å². The van der Waals surface area contributed by atoms with Crippen LogP contribution in [-0.2, 0) is 18.3 Å². The summed E-state index contributed by atoms with van der Waals surface area (Å²) >= 11 is 0. The molecule has 21 heavy (non-hydrogen) atoms. The van der Waals surface area contributed by atoms with Crippen LogP contribution in [0.4, 0.5) is 0 Å². The van der Waals surface area contributed by atoms with Crippen molar-refractivity contribution in [3.05, 3.63) is 65.2 Å². The number of nitriles is 1. The van der Waals surface area contributed by atoms with Crippen molar-refractivity contribution in [2.24, 2.45) is 0 Å². The Balaban J connectivity index is 2.41. The van der Waals surface area contributed by atoms with E-state index >= 15 is 0 Å². The van der Waals surface area contributed by atoms with E-state index in [-0.39, 0.29) is 0 Å². The third-order valence-electron chi connectivity index (χ3n) is 3.95. The first kappa shape index (κ1) is 15.1. The van der Waals surface area contributed by atoms with E-state index in [2.05, 4.69) is 25.1 Å². The van der Waals surface area contributed by atoms with Crippen molar-refractivity contribution in [3.63, 3.8) is 0 Å². The molecule has 0 N–H and O–H groups in total. The minimum atomic E-state index is -0.555. The predicted octanol–water partition coefficient (Wildman–Crippen LogP) is 4.28. The van der Waals surface area contributed by atoms with Gasteiger partial charge in [-0.2, -0.15) is 5.26 Å². The van der Waals surface area contributed by atoms with Crippen LogP contribution in [0.2, 0.25) is 0 Å². The lowest BCUT2D eigenvalue weighted by Crippen LogP contribution is -2.23. The third-order valence-corrected chi connectivity index (χ3v) is 3.95. The summed E-state index contributed by atoms with van der Waals surface area (Å²) < 4.78 is 5.46. The molecule has 2 aromatic rings. The second kappa shape index (κ2) is 6.45. The Morgan fingerprint density at radius 2 is 1.86 bits per heavy atom. The maximum atomic E-state index is 9.70. The molecule has 108 valence electrons. The number of methoxy groups -OCH3 is 1. The van der Waals surface area contributed by atoms with Gasteiger partial charge in [-0.3, -0.25) is 0 Å². The molecule has 2 aromatic carbocycles. The van der Waals surface area contributed by atoms with Gasteiger partial charge in [0.05, 0.1) is 18.6 Å². The van der Waals surface area contributed by atoms with Crippen molar-refractivity contribution in [2.75, 3.05) is 7.11 Å². The predicted molar refractivity (Wildman–Crippen MR) is 85.5 cm³/mol. The fourth-order valence-electron chi connectivity index (χ4n) is 2.58. The van der Waals surface area contributed by atoms with Crippen molar-refractivity contribution in [2.45, 2.75) is 32.1 Å². The second-order valence-electron chi connectivity index (χ2n) is 5.49. The van der Waals surface area contributed by atoms with Crippen LogP contribution < -0.4 is 4.74 Å². The van der Waals surface area contributed by atoms with Gasteiger partial charge < -0.3 is 4.74 Å². The van der Waals surface area contributed by atoms with Crippen LogP contribution in [0, 0.1) is 11.3 Å². The van der Waals surface area contributed by atoms with Gasteiger partial charge in [0.1, 0.15) is 5.75 Å². The Morgan fingerprint density at radius 3 is 2.43 bits per heavy atom.